The standard InChI is InChI=1S/C49H63N9O13S2/c1-34-30-49(3,4)57(32-34)46-41(48(62)54-72(63,64)42-33-55(5)52-35(42)2)14-15-43(51-46)58-21-18-44(53-58)71-29-27-69-25-23-67-22-24-68-26-28-70-39-10-6-36(7-11-39)37-16-19-56(20-17-37)73(65,66)40-12-8-38(9-13-40)47(61)50-31-45(59)60/h6-15,18,21,33-34,37H,16-17,19-20,22-32H2,1-5H3,(H,50,61)(H,54,62)(H,59,60)/t34-/m0/s1. The first-order valence-electron chi connectivity index (χ1n) is 23.9. The fraction of sp³-hybridized carbons (Fsp3) is 0.469. The molecule has 2 aromatic carbocycles. The third kappa shape index (κ3) is 14.2. The summed E-state index contributed by atoms with van der Waals surface area (Å²) in [4.78, 5) is 43.3. The fourth-order valence-corrected chi connectivity index (χ4v) is 11.6. The van der Waals surface area contributed by atoms with Gasteiger partial charge in [-0.3, -0.25) is 19.1 Å². The van der Waals surface area contributed by atoms with Crippen molar-refractivity contribution in [3.05, 3.63) is 102 Å². The minimum Gasteiger partial charge on any atom is -0.491 e. The number of hydrogen-bond donors (Lipinski definition) is 3. The molecule has 3 N–H and O–H groups in total. The van der Waals surface area contributed by atoms with Crippen molar-refractivity contribution in [1.82, 2.24) is 38.9 Å². The molecule has 1 atom stereocenters. The molecule has 5 heterocycles. The van der Waals surface area contributed by atoms with Crippen LogP contribution in [0.5, 0.6) is 11.6 Å². The minimum absolute atomic E-state index is 0.0721. The number of sulfonamides is 2. The molecule has 2 fully saturated rings. The van der Waals surface area contributed by atoms with Crippen molar-refractivity contribution in [1.29, 1.82) is 0 Å². The zero-order valence-electron chi connectivity index (χ0n) is 41.6. The van der Waals surface area contributed by atoms with Gasteiger partial charge in [0, 0.05) is 56.2 Å². The van der Waals surface area contributed by atoms with Gasteiger partial charge in [-0.25, -0.2) is 31.2 Å². The van der Waals surface area contributed by atoms with Crippen LogP contribution in [0.25, 0.3) is 5.82 Å². The van der Waals surface area contributed by atoms with Gasteiger partial charge in [0.15, 0.2) is 5.82 Å². The first-order chi connectivity index (χ1) is 34.8. The molecule has 5 aromatic rings. The van der Waals surface area contributed by atoms with Crippen molar-refractivity contribution in [3.8, 4) is 17.4 Å². The summed E-state index contributed by atoms with van der Waals surface area (Å²) in [5.41, 5.74) is 1.30. The highest BCUT2D eigenvalue weighted by atomic mass is 32.2. The summed E-state index contributed by atoms with van der Waals surface area (Å²) < 4.78 is 88.1. The number of piperidine rings is 1. The largest absolute Gasteiger partial charge is 0.491 e. The van der Waals surface area contributed by atoms with Crippen molar-refractivity contribution in [2.24, 2.45) is 13.0 Å². The summed E-state index contributed by atoms with van der Waals surface area (Å²) in [6.45, 7) is 11.4. The molecule has 24 heteroatoms. The molecule has 2 aliphatic heterocycles. The second-order valence-corrected chi connectivity index (χ2v) is 22.0. The molecule has 73 heavy (non-hydrogen) atoms. The zero-order chi connectivity index (χ0) is 52.3. The lowest BCUT2D eigenvalue weighted by Crippen LogP contribution is -2.41. The van der Waals surface area contributed by atoms with Crippen LogP contribution in [-0.4, -0.2) is 153 Å². The average molecular weight is 1050 g/mol. The number of ether oxygens (including phenoxy) is 5. The topological polar surface area (TPSA) is 265 Å². The first-order valence-corrected chi connectivity index (χ1v) is 26.8. The molecule has 0 bridgehead atoms. The maximum Gasteiger partial charge on any atom is 0.322 e. The number of carbonyl (C=O) groups is 3. The van der Waals surface area contributed by atoms with Gasteiger partial charge in [-0.1, -0.05) is 19.1 Å². The molecule has 2 aliphatic rings. The molecule has 0 saturated carbocycles. The molecule has 0 radical (unpaired) electrons. The highest BCUT2D eigenvalue weighted by Crippen LogP contribution is 2.38. The second-order valence-electron chi connectivity index (χ2n) is 18.4. The van der Waals surface area contributed by atoms with Gasteiger partial charge in [-0.05, 0) is 106 Å². The normalized spacial score (nSPS) is 16.3. The number of carboxylic acid groups (broad SMARTS) is 1. The molecule has 2 saturated heterocycles. The number of nitrogens with one attached hydrogen (secondary N) is 2. The number of aromatic nitrogens is 5. The van der Waals surface area contributed by atoms with Crippen molar-refractivity contribution < 1.29 is 60.0 Å². The SMILES string of the molecule is Cc1nn(C)cc1S(=O)(=O)NC(=O)c1ccc(-n2ccc(OCCOCCOCCOCCOc3ccc(C4CCN(S(=O)(=O)c5ccc(C(=O)NCC(=O)O)cc5)CC4)cc3)n2)nc1N1C[C@@H](C)CC1(C)C. The third-order valence-electron chi connectivity index (χ3n) is 12.4. The average Bonchev–Trinajstić information content (AvgIpc) is 4.06. The number of anilines is 1. The molecule has 0 spiro atoms. The van der Waals surface area contributed by atoms with Crippen LogP contribution in [0.1, 0.15) is 77.9 Å². The molecule has 3 aromatic heterocycles. The number of amides is 2. The van der Waals surface area contributed by atoms with Crippen LogP contribution in [0.2, 0.25) is 0 Å². The lowest BCUT2D eigenvalue weighted by molar-refractivity contribution is -0.135. The van der Waals surface area contributed by atoms with Gasteiger partial charge in [0.25, 0.3) is 21.8 Å². The summed E-state index contributed by atoms with van der Waals surface area (Å²) in [5, 5.41) is 19.6. The number of rotatable bonds is 25. The Labute approximate surface area is 425 Å². The van der Waals surface area contributed by atoms with E-state index in [2.05, 4.69) is 41.0 Å². The Balaban J connectivity index is 0.754. The number of carbonyl (C=O) groups excluding carboxylic acids is 2. The van der Waals surface area contributed by atoms with Crippen LogP contribution in [0.15, 0.2) is 88.9 Å². The lowest BCUT2D eigenvalue weighted by Gasteiger charge is -2.34. The summed E-state index contributed by atoms with van der Waals surface area (Å²) in [7, 11) is -6.36. The van der Waals surface area contributed by atoms with Crippen LogP contribution < -0.4 is 24.4 Å². The number of carboxylic acids is 1. The van der Waals surface area contributed by atoms with E-state index in [1.165, 1.54) is 44.1 Å². The number of aryl methyl sites for hydroxylation is 2. The smallest absolute Gasteiger partial charge is 0.322 e. The second kappa shape index (κ2) is 24.1. The van der Waals surface area contributed by atoms with E-state index in [9.17, 15) is 31.2 Å². The Kier molecular flexibility index (Phi) is 17.9. The molecule has 394 valence electrons. The van der Waals surface area contributed by atoms with Gasteiger partial charge in [-0.15, -0.1) is 5.10 Å². The molecular weight excluding hydrogens is 987 g/mol. The Bertz CT molecular complexity index is 2920. The minimum atomic E-state index is -4.21. The van der Waals surface area contributed by atoms with Gasteiger partial charge in [0.2, 0.25) is 15.9 Å². The van der Waals surface area contributed by atoms with E-state index in [1.54, 1.807) is 38.4 Å². The van der Waals surface area contributed by atoms with Crippen molar-refractivity contribution in [3.63, 3.8) is 0 Å². The maximum atomic E-state index is 13.6. The van der Waals surface area contributed by atoms with Crippen LogP contribution >= 0.6 is 0 Å². The number of aliphatic carboxylic acids is 1. The molecule has 22 nitrogen and oxygen atoms in total. The molecule has 0 unspecified atom stereocenters. The van der Waals surface area contributed by atoms with E-state index in [1.807, 2.05) is 29.2 Å². The number of pyridine rings is 1. The quantitative estimate of drug-likeness (QED) is 0.0699. The number of hydrogen-bond acceptors (Lipinski definition) is 16. The Morgan fingerprint density at radius 2 is 1.42 bits per heavy atom. The van der Waals surface area contributed by atoms with Gasteiger partial charge in [-0.2, -0.15) is 9.40 Å². The van der Waals surface area contributed by atoms with E-state index in [0.29, 0.717) is 108 Å². The monoisotopic (exact) mass is 1050 g/mol. The zero-order valence-corrected chi connectivity index (χ0v) is 43.2. The van der Waals surface area contributed by atoms with E-state index in [0.717, 1.165) is 12.0 Å². The van der Waals surface area contributed by atoms with Crippen LogP contribution in [0.3, 0.4) is 0 Å². The van der Waals surface area contributed by atoms with Gasteiger partial charge in [0.1, 0.15) is 36.2 Å². The summed E-state index contributed by atoms with van der Waals surface area (Å²) in [5.74, 6) is -0.271. The van der Waals surface area contributed by atoms with Crippen molar-refractivity contribution in [2.75, 3.05) is 83.9 Å². The Hall–Kier alpha value is -6.44. The van der Waals surface area contributed by atoms with E-state index >= 15 is 0 Å². The summed E-state index contributed by atoms with van der Waals surface area (Å²) in [6, 6.07) is 18.1. The molecule has 0 aliphatic carbocycles. The van der Waals surface area contributed by atoms with Gasteiger partial charge < -0.3 is 39.0 Å². The third-order valence-corrected chi connectivity index (χ3v) is 15.7. The van der Waals surface area contributed by atoms with Crippen molar-refractivity contribution in [2.45, 2.75) is 68.2 Å². The highest BCUT2D eigenvalue weighted by molar-refractivity contribution is 7.90. The number of benzene rings is 2. The Morgan fingerprint density at radius 1 is 0.795 bits per heavy atom. The van der Waals surface area contributed by atoms with Crippen LogP contribution in [0, 0.1) is 12.8 Å². The molecule has 7 rings (SSSR count). The Morgan fingerprint density at radius 3 is 2.01 bits per heavy atom. The van der Waals surface area contributed by atoms with Gasteiger partial charge in [0.05, 0.1) is 55.8 Å². The molecular formula is C49H63N9O13S2. The predicted molar refractivity (Wildman–Crippen MR) is 266 cm³/mol. The summed E-state index contributed by atoms with van der Waals surface area (Å²) >= 11 is 0. The maximum absolute atomic E-state index is 13.6. The van der Waals surface area contributed by atoms with E-state index < -0.39 is 44.4 Å². The van der Waals surface area contributed by atoms with Crippen LogP contribution in [-0.2, 0) is 46.1 Å². The number of nitrogens with zero attached hydrogens (tertiary/aromatic N) is 7. The predicted octanol–water partition coefficient (Wildman–Crippen LogP) is 3.94. The first kappa shape index (κ1) is 54.3. The van der Waals surface area contributed by atoms with Gasteiger partial charge >= 0.3 is 5.97 Å². The van der Waals surface area contributed by atoms with E-state index in [-0.39, 0.29) is 44.7 Å². The van der Waals surface area contributed by atoms with Crippen LogP contribution in [0.4, 0.5) is 5.82 Å². The van der Waals surface area contributed by atoms with Crippen molar-refractivity contribution >= 4 is 43.6 Å². The lowest BCUT2D eigenvalue weighted by atomic mass is 9.90. The fourth-order valence-electron chi connectivity index (χ4n) is 8.91. The summed E-state index contributed by atoms with van der Waals surface area (Å²) in [6.07, 6.45) is 5.19. The van der Waals surface area contributed by atoms with E-state index in [4.69, 9.17) is 33.8 Å². The molecule has 2 amide bonds. The highest BCUT2D eigenvalue weighted by Gasteiger charge is 2.40.